The molecule has 2 aliphatic heterocycles. The molecule has 0 amide bonds. The van der Waals surface area contributed by atoms with E-state index in [-0.39, 0.29) is 18.3 Å². The number of nitrogens with zero attached hydrogens (tertiary/aromatic N) is 1. The second-order valence-corrected chi connectivity index (χ2v) is 12.0. The highest BCUT2D eigenvalue weighted by Crippen LogP contribution is 2.57. The van der Waals surface area contributed by atoms with E-state index >= 15 is 0 Å². The molecule has 0 unspecified atom stereocenters. The Morgan fingerprint density at radius 1 is 1.47 bits per heavy atom. The lowest BCUT2D eigenvalue weighted by Crippen LogP contribution is -2.46. The molecule has 5 atom stereocenters. The van der Waals surface area contributed by atoms with Crippen LogP contribution in [0.3, 0.4) is 0 Å². The number of H-pyrrole nitrogens is 1. The Morgan fingerprint density at radius 2 is 2.17 bits per heavy atom. The summed E-state index contributed by atoms with van der Waals surface area (Å²) in [7, 11) is -3.69. The van der Waals surface area contributed by atoms with Gasteiger partial charge in [0.2, 0.25) is 0 Å². The van der Waals surface area contributed by atoms with Crippen LogP contribution in [0.15, 0.2) is 21.9 Å². The minimum absolute atomic E-state index is 0.0276. The maximum Gasteiger partial charge on any atom is 0.406 e. The van der Waals surface area contributed by atoms with Gasteiger partial charge >= 0.3 is 13.4 Å². The van der Waals surface area contributed by atoms with Gasteiger partial charge in [-0.1, -0.05) is 32.5 Å². The first-order valence-corrected chi connectivity index (χ1v) is 12.3. The molecule has 10 nitrogen and oxygen atoms in total. The molecule has 0 spiro atoms. The van der Waals surface area contributed by atoms with E-state index in [1.54, 1.807) is 6.92 Å². The Hall–Kier alpha value is -0.940. The summed E-state index contributed by atoms with van der Waals surface area (Å²) in [5.41, 5.74) is -1.68. The summed E-state index contributed by atoms with van der Waals surface area (Å²) in [6, 6.07) is 1.18. The fraction of sp³-hybridized carbons (Fsp3) is 0.706. The van der Waals surface area contributed by atoms with Crippen molar-refractivity contribution in [2.75, 3.05) is 18.9 Å². The molecular formula is C17H25ClN3O7PS. The number of aromatic nitrogens is 2. The maximum atomic E-state index is 13.0. The third kappa shape index (κ3) is 4.93. The lowest BCUT2D eigenvalue weighted by molar-refractivity contribution is -0.117. The lowest BCUT2D eigenvalue weighted by atomic mass is 10.00. The minimum atomic E-state index is -3.69. The summed E-state index contributed by atoms with van der Waals surface area (Å²) in [5, 5.41) is 2.76. The summed E-state index contributed by atoms with van der Waals surface area (Å²) < 4.78 is 31.0. The van der Waals surface area contributed by atoms with Gasteiger partial charge in [-0.05, 0) is 6.92 Å². The van der Waals surface area contributed by atoms with Crippen LogP contribution >= 0.6 is 31.1 Å². The number of nitrogens with one attached hydrogen (secondary N) is 2. The van der Waals surface area contributed by atoms with Gasteiger partial charge in [-0.2, -0.15) is 0 Å². The second kappa shape index (κ2) is 8.54. The van der Waals surface area contributed by atoms with Crippen molar-refractivity contribution in [2.45, 2.75) is 51.0 Å². The highest BCUT2D eigenvalue weighted by atomic mass is 35.5. The smallest absolute Gasteiger partial charge is 0.347 e. The largest absolute Gasteiger partial charge is 0.406 e. The van der Waals surface area contributed by atoms with Crippen molar-refractivity contribution < 1.29 is 23.1 Å². The van der Waals surface area contributed by atoms with Crippen molar-refractivity contribution in [3.8, 4) is 0 Å². The SMILES string of the molecule is CC(C)(C)C(=O)SCCN[P@]1(=O)OC[C@H]2O[C@@H](n3ccc(=O)[nH]c3=O)[C@](C)(Cl)[C@@H]2O1. The van der Waals surface area contributed by atoms with E-state index in [0.717, 1.165) is 16.3 Å². The van der Waals surface area contributed by atoms with Crippen LogP contribution in [-0.2, 0) is 23.1 Å². The monoisotopic (exact) mass is 481 g/mol. The Kier molecular flexibility index (Phi) is 6.75. The Morgan fingerprint density at radius 3 is 2.80 bits per heavy atom. The zero-order chi connectivity index (χ0) is 22.3. The van der Waals surface area contributed by atoms with E-state index in [1.165, 1.54) is 12.3 Å². The summed E-state index contributed by atoms with van der Waals surface area (Å²) in [6.07, 6.45) is -1.17. The summed E-state index contributed by atoms with van der Waals surface area (Å²) in [6.45, 7) is 7.27. The van der Waals surface area contributed by atoms with Crippen LogP contribution in [0.25, 0.3) is 0 Å². The molecule has 2 aliphatic rings. The van der Waals surface area contributed by atoms with Crippen molar-refractivity contribution in [3.63, 3.8) is 0 Å². The van der Waals surface area contributed by atoms with Gasteiger partial charge in [0.25, 0.3) is 5.56 Å². The number of aromatic amines is 1. The molecule has 0 bridgehead atoms. The van der Waals surface area contributed by atoms with Crippen LogP contribution in [-0.4, -0.2) is 50.7 Å². The van der Waals surface area contributed by atoms with Crippen molar-refractivity contribution in [1.82, 2.24) is 14.6 Å². The van der Waals surface area contributed by atoms with Gasteiger partial charge in [0.15, 0.2) is 11.3 Å². The number of alkyl halides is 1. The standard InChI is InChI=1S/C17H25ClN3O7PS/c1-16(2,3)14(23)30-8-6-19-29(25)26-9-10-12(28-29)17(4,18)13(27-10)21-7-5-11(22)20-15(21)24/h5,7,10,12-13H,6,8-9H2,1-4H3,(H,19,25)(H,20,22,24)/t10-,12-,13-,17-,29+/m1/s1. The molecule has 13 heteroatoms. The van der Waals surface area contributed by atoms with Crippen LogP contribution < -0.4 is 16.3 Å². The fourth-order valence-corrected chi connectivity index (χ4v) is 6.09. The van der Waals surface area contributed by atoms with Gasteiger partial charge < -0.3 is 4.74 Å². The molecule has 0 aliphatic carbocycles. The third-order valence-electron chi connectivity index (χ3n) is 4.70. The number of thioether (sulfide) groups is 1. The van der Waals surface area contributed by atoms with Crippen LogP contribution in [0, 0.1) is 5.41 Å². The minimum Gasteiger partial charge on any atom is -0.347 e. The molecule has 1 aromatic rings. The van der Waals surface area contributed by atoms with Gasteiger partial charge in [0, 0.05) is 30.0 Å². The average molecular weight is 482 g/mol. The Labute approximate surface area is 182 Å². The number of hydrogen-bond donors (Lipinski definition) is 2. The molecule has 3 rings (SSSR count). The molecule has 2 fully saturated rings. The van der Waals surface area contributed by atoms with Crippen molar-refractivity contribution in [1.29, 1.82) is 0 Å². The highest BCUT2D eigenvalue weighted by Gasteiger charge is 2.59. The zero-order valence-corrected chi connectivity index (χ0v) is 19.5. The first-order valence-electron chi connectivity index (χ1n) is 9.35. The molecule has 30 heavy (non-hydrogen) atoms. The number of hydrogen-bond acceptors (Lipinski definition) is 8. The number of carbonyl (C=O) groups is 1. The van der Waals surface area contributed by atoms with E-state index in [0.29, 0.717) is 5.75 Å². The number of rotatable bonds is 5. The summed E-state index contributed by atoms with van der Waals surface area (Å²) in [5.74, 6) is 0.394. The van der Waals surface area contributed by atoms with Gasteiger partial charge in [-0.3, -0.25) is 28.2 Å². The normalized spacial score (nSPS) is 34.0. The predicted octanol–water partition coefficient (Wildman–Crippen LogP) is 1.85. The van der Waals surface area contributed by atoms with Crippen molar-refractivity contribution >= 4 is 36.2 Å². The van der Waals surface area contributed by atoms with E-state index in [4.69, 9.17) is 25.4 Å². The molecule has 0 radical (unpaired) electrons. The average Bonchev–Trinajstić information content (AvgIpc) is 2.88. The third-order valence-corrected chi connectivity index (χ3v) is 7.99. The molecule has 2 N–H and O–H groups in total. The van der Waals surface area contributed by atoms with E-state index in [2.05, 4.69) is 10.1 Å². The molecule has 168 valence electrons. The summed E-state index contributed by atoms with van der Waals surface area (Å²) in [4.78, 5) is 36.3. The molecule has 2 saturated heterocycles. The molecule has 3 heterocycles. The first-order chi connectivity index (χ1) is 13.8. The van der Waals surface area contributed by atoms with Crippen molar-refractivity contribution in [3.05, 3.63) is 33.1 Å². The Bertz CT molecular complexity index is 973. The van der Waals surface area contributed by atoms with Gasteiger partial charge in [-0.25, -0.2) is 14.4 Å². The van der Waals surface area contributed by atoms with E-state index in [1.807, 2.05) is 20.8 Å². The quantitative estimate of drug-likeness (QED) is 0.367. The van der Waals surface area contributed by atoms with Crippen LogP contribution in [0.2, 0.25) is 0 Å². The second-order valence-electron chi connectivity index (χ2n) is 8.31. The number of halogens is 1. The summed E-state index contributed by atoms with van der Waals surface area (Å²) >= 11 is 7.82. The first kappa shape index (κ1) is 23.7. The predicted molar refractivity (Wildman–Crippen MR) is 113 cm³/mol. The lowest BCUT2D eigenvalue weighted by Gasteiger charge is -2.35. The molecular weight excluding hydrogens is 457 g/mol. The molecule has 0 aromatic carbocycles. The fourth-order valence-electron chi connectivity index (χ4n) is 3.10. The van der Waals surface area contributed by atoms with Gasteiger partial charge in [0.05, 0.1) is 6.61 Å². The van der Waals surface area contributed by atoms with Crippen LogP contribution in [0.1, 0.15) is 33.9 Å². The molecule has 0 saturated carbocycles. The highest BCUT2D eigenvalue weighted by molar-refractivity contribution is 8.13. The van der Waals surface area contributed by atoms with Gasteiger partial charge in [0.1, 0.15) is 17.1 Å². The molecule has 1 aromatic heterocycles. The number of carbonyl (C=O) groups excluding carboxylic acids is 1. The van der Waals surface area contributed by atoms with E-state index < -0.39 is 47.7 Å². The van der Waals surface area contributed by atoms with Crippen molar-refractivity contribution in [2.24, 2.45) is 5.41 Å². The van der Waals surface area contributed by atoms with Gasteiger partial charge in [-0.15, -0.1) is 11.6 Å². The Balaban J connectivity index is 1.66. The van der Waals surface area contributed by atoms with E-state index in [9.17, 15) is 18.9 Å². The maximum absolute atomic E-state index is 13.0. The number of fused-ring (bicyclic) bond motifs is 1. The number of ether oxygens (including phenoxy) is 1. The van der Waals surface area contributed by atoms with Crippen LogP contribution in [0.4, 0.5) is 0 Å². The topological polar surface area (TPSA) is 129 Å². The zero-order valence-electron chi connectivity index (χ0n) is 17.0. The van der Waals surface area contributed by atoms with Crippen LogP contribution in [0.5, 0.6) is 0 Å².